The molecular formula is C16H16N2O3. The number of rotatable bonds is 4. The second-order valence-electron chi connectivity index (χ2n) is 5.11. The lowest BCUT2D eigenvalue weighted by Gasteiger charge is -2.37. The molecule has 1 N–H and O–H groups in total. The number of carbonyl (C=O) groups is 2. The third-order valence-corrected chi connectivity index (χ3v) is 3.65. The summed E-state index contributed by atoms with van der Waals surface area (Å²) in [5.74, 6) is 0.404. The van der Waals surface area contributed by atoms with Crippen LogP contribution in [-0.4, -0.2) is 29.8 Å². The van der Waals surface area contributed by atoms with Crippen LogP contribution in [-0.2, 0) is 16.1 Å². The molecule has 0 unspecified atom stereocenters. The summed E-state index contributed by atoms with van der Waals surface area (Å²) in [5.41, 5.74) is 0.813. The molecule has 0 radical (unpaired) electrons. The van der Waals surface area contributed by atoms with Gasteiger partial charge in [0, 0.05) is 18.5 Å². The maximum Gasteiger partial charge on any atom is 0.246 e. The van der Waals surface area contributed by atoms with E-state index in [1.165, 1.54) is 6.08 Å². The Labute approximate surface area is 122 Å². The summed E-state index contributed by atoms with van der Waals surface area (Å²) in [4.78, 5) is 24.9. The molecule has 2 amide bonds. The van der Waals surface area contributed by atoms with E-state index >= 15 is 0 Å². The second kappa shape index (κ2) is 5.44. The Hall–Kier alpha value is -2.56. The SMILES string of the molecule is C=CC(=O)N1CC(C(=O)NCc2cc3ccccc3o2)C1. The fraction of sp³-hybridized carbons (Fsp3) is 0.250. The molecule has 0 atom stereocenters. The molecule has 1 fully saturated rings. The van der Waals surface area contributed by atoms with Gasteiger partial charge in [-0.15, -0.1) is 0 Å². The van der Waals surface area contributed by atoms with Crippen LogP contribution in [0.2, 0.25) is 0 Å². The molecule has 0 saturated carbocycles. The number of carbonyl (C=O) groups excluding carboxylic acids is 2. The minimum Gasteiger partial charge on any atom is -0.459 e. The standard InChI is InChI=1S/C16H16N2O3/c1-2-15(19)18-9-12(10-18)16(20)17-8-13-7-11-5-3-4-6-14(11)21-13/h2-7,12H,1,8-10H2,(H,17,20). The normalized spacial score (nSPS) is 14.8. The van der Waals surface area contributed by atoms with Crippen LogP contribution in [0, 0.1) is 5.92 Å². The van der Waals surface area contributed by atoms with Crippen LogP contribution < -0.4 is 5.32 Å². The molecule has 108 valence electrons. The number of amides is 2. The van der Waals surface area contributed by atoms with Crippen molar-refractivity contribution in [2.75, 3.05) is 13.1 Å². The van der Waals surface area contributed by atoms with Crippen molar-refractivity contribution in [3.63, 3.8) is 0 Å². The number of nitrogens with one attached hydrogen (secondary N) is 1. The van der Waals surface area contributed by atoms with Crippen LogP contribution in [0.1, 0.15) is 5.76 Å². The topological polar surface area (TPSA) is 62.6 Å². The fourth-order valence-electron chi connectivity index (χ4n) is 2.40. The van der Waals surface area contributed by atoms with Gasteiger partial charge in [-0.3, -0.25) is 9.59 Å². The first-order valence-corrected chi connectivity index (χ1v) is 6.84. The van der Waals surface area contributed by atoms with Crippen LogP contribution in [0.15, 0.2) is 47.4 Å². The van der Waals surface area contributed by atoms with Gasteiger partial charge in [-0.1, -0.05) is 24.8 Å². The van der Waals surface area contributed by atoms with E-state index in [4.69, 9.17) is 4.42 Å². The number of likely N-dealkylation sites (tertiary alicyclic amines) is 1. The lowest BCUT2D eigenvalue weighted by molar-refractivity contribution is -0.139. The first-order chi connectivity index (χ1) is 10.2. The predicted octanol–water partition coefficient (Wildman–Crippen LogP) is 1.69. The van der Waals surface area contributed by atoms with Crippen LogP contribution in [0.3, 0.4) is 0 Å². The third kappa shape index (κ3) is 2.67. The molecule has 5 heteroatoms. The number of benzene rings is 1. The van der Waals surface area contributed by atoms with Crippen molar-refractivity contribution in [2.45, 2.75) is 6.54 Å². The molecule has 2 aromatic rings. The van der Waals surface area contributed by atoms with Gasteiger partial charge in [-0.05, 0) is 18.2 Å². The average molecular weight is 284 g/mol. The van der Waals surface area contributed by atoms with E-state index in [1.54, 1.807) is 4.90 Å². The number of nitrogens with zero attached hydrogens (tertiary/aromatic N) is 1. The molecule has 3 rings (SSSR count). The number of para-hydroxylation sites is 1. The molecule has 21 heavy (non-hydrogen) atoms. The molecule has 0 bridgehead atoms. The van der Waals surface area contributed by atoms with Gasteiger partial charge >= 0.3 is 0 Å². The smallest absolute Gasteiger partial charge is 0.246 e. The summed E-state index contributed by atoms with van der Waals surface area (Å²) in [6, 6.07) is 9.64. The number of hydrogen-bond donors (Lipinski definition) is 1. The van der Waals surface area contributed by atoms with Crippen molar-refractivity contribution < 1.29 is 14.0 Å². The van der Waals surface area contributed by atoms with Crippen molar-refractivity contribution in [1.29, 1.82) is 0 Å². The van der Waals surface area contributed by atoms with E-state index in [9.17, 15) is 9.59 Å². The van der Waals surface area contributed by atoms with Gasteiger partial charge in [0.25, 0.3) is 0 Å². The van der Waals surface area contributed by atoms with Crippen LogP contribution in [0.25, 0.3) is 11.0 Å². The number of furan rings is 1. The summed E-state index contributed by atoms with van der Waals surface area (Å²) in [5, 5.41) is 3.86. The van der Waals surface area contributed by atoms with E-state index < -0.39 is 0 Å². The molecule has 1 aromatic heterocycles. The van der Waals surface area contributed by atoms with Crippen LogP contribution in [0.5, 0.6) is 0 Å². The Kier molecular flexibility index (Phi) is 3.48. The number of fused-ring (bicyclic) bond motifs is 1. The van der Waals surface area contributed by atoms with E-state index in [-0.39, 0.29) is 17.7 Å². The summed E-state index contributed by atoms with van der Waals surface area (Å²) in [7, 11) is 0. The molecule has 2 heterocycles. The zero-order valence-electron chi connectivity index (χ0n) is 11.5. The Morgan fingerprint density at radius 1 is 1.38 bits per heavy atom. The summed E-state index contributed by atoms with van der Waals surface area (Å²) >= 11 is 0. The first-order valence-electron chi connectivity index (χ1n) is 6.84. The van der Waals surface area contributed by atoms with Crippen molar-refractivity contribution in [2.24, 2.45) is 5.92 Å². The van der Waals surface area contributed by atoms with Crippen LogP contribution in [0.4, 0.5) is 0 Å². The maximum absolute atomic E-state index is 12.0. The molecule has 0 spiro atoms. The highest BCUT2D eigenvalue weighted by Gasteiger charge is 2.34. The second-order valence-corrected chi connectivity index (χ2v) is 5.11. The first kappa shape index (κ1) is 13.4. The van der Waals surface area contributed by atoms with Gasteiger partial charge in [-0.2, -0.15) is 0 Å². The lowest BCUT2D eigenvalue weighted by Crippen LogP contribution is -2.55. The molecule has 0 aliphatic carbocycles. The zero-order valence-corrected chi connectivity index (χ0v) is 11.5. The minimum absolute atomic E-state index is 0.0523. The highest BCUT2D eigenvalue weighted by atomic mass is 16.3. The van der Waals surface area contributed by atoms with Gasteiger partial charge in [0.2, 0.25) is 11.8 Å². The molecule has 1 aliphatic heterocycles. The minimum atomic E-state index is -0.140. The van der Waals surface area contributed by atoms with Gasteiger partial charge < -0.3 is 14.6 Å². The maximum atomic E-state index is 12.0. The zero-order chi connectivity index (χ0) is 14.8. The third-order valence-electron chi connectivity index (χ3n) is 3.65. The van der Waals surface area contributed by atoms with Gasteiger partial charge in [0.15, 0.2) is 0 Å². The Morgan fingerprint density at radius 3 is 2.86 bits per heavy atom. The quantitative estimate of drug-likeness (QED) is 0.869. The van der Waals surface area contributed by atoms with E-state index in [0.717, 1.165) is 16.7 Å². The Bertz CT molecular complexity index is 665. The highest BCUT2D eigenvalue weighted by molar-refractivity contribution is 5.90. The van der Waals surface area contributed by atoms with Crippen molar-refractivity contribution in [3.05, 3.63) is 48.7 Å². The van der Waals surface area contributed by atoms with E-state index in [2.05, 4.69) is 11.9 Å². The van der Waals surface area contributed by atoms with Gasteiger partial charge in [0.1, 0.15) is 11.3 Å². The Balaban J connectivity index is 1.52. The molecular weight excluding hydrogens is 268 g/mol. The average Bonchev–Trinajstić information content (AvgIpc) is 2.86. The molecule has 1 saturated heterocycles. The summed E-state index contributed by atoms with van der Waals surface area (Å²) in [6.45, 7) is 4.70. The molecule has 5 nitrogen and oxygen atoms in total. The summed E-state index contributed by atoms with van der Waals surface area (Å²) < 4.78 is 5.63. The van der Waals surface area contributed by atoms with Gasteiger partial charge in [0.05, 0.1) is 12.5 Å². The van der Waals surface area contributed by atoms with E-state index in [1.807, 2.05) is 30.3 Å². The number of hydrogen-bond acceptors (Lipinski definition) is 3. The fourth-order valence-corrected chi connectivity index (χ4v) is 2.40. The van der Waals surface area contributed by atoms with E-state index in [0.29, 0.717) is 19.6 Å². The van der Waals surface area contributed by atoms with Crippen molar-refractivity contribution in [1.82, 2.24) is 10.2 Å². The van der Waals surface area contributed by atoms with Crippen LogP contribution >= 0.6 is 0 Å². The Morgan fingerprint density at radius 2 is 2.14 bits per heavy atom. The summed E-state index contributed by atoms with van der Waals surface area (Å²) in [6.07, 6.45) is 1.27. The van der Waals surface area contributed by atoms with Gasteiger partial charge in [-0.25, -0.2) is 0 Å². The monoisotopic (exact) mass is 284 g/mol. The highest BCUT2D eigenvalue weighted by Crippen LogP contribution is 2.19. The largest absolute Gasteiger partial charge is 0.459 e. The molecule has 1 aromatic carbocycles. The lowest BCUT2D eigenvalue weighted by atomic mass is 9.99. The predicted molar refractivity (Wildman–Crippen MR) is 78.3 cm³/mol. The van der Waals surface area contributed by atoms with Crippen molar-refractivity contribution in [3.8, 4) is 0 Å². The van der Waals surface area contributed by atoms with Crippen molar-refractivity contribution >= 4 is 22.8 Å². The molecule has 1 aliphatic rings.